The van der Waals surface area contributed by atoms with Gasteiger partial charge in [0, 0.05) is 12.1 Å². The average molecular weight is 279 g/mol. The summed E-state index contributed by atoms with van der Waals surface area (Å²) in [5.41, 5.74) is -0.123. The summed E-state index contributed by atoms with van der Waals surface area (Å²) < 4.78 is 27.2. The lowest BCUT2D eigenvalue weighted by Gasteiger charge is -2.34. The largest absolute Gasteiger partial charge is 0.333 e. The minimum absolute atomic E-state index is 0.123. The molecule has 1 aromatic rings. The highest BCUT2D eigenvalue weighted by Gasteiger charge is 2.39. The van der Waals surface area contributed by atoms with Crippen molar-refractivity contribution < 1.29 is 13.6 Å². The molecule has 2 saturated carbocycles. The molecule has 2 aliphatic carbocycles. The number of halogens is 2. The molecule has 2 fully saturated rings. The van der Waals surface area contributed by atoms with Crippen LogP contribution in [0, 0.1) is 11.6 Å². The zero-order valence-corrected chi connectivity index (χ0v) is 11.4. The summed E-state index contributed by atoms with van der Waals surface area (Å²) in [6.45, 7) is 0. The van der Waals surface area contributed by atoms with Gasteiger partial charge in [0.2, 0.25) is 0 Å². The molecule has 0 N–H and O–H groups in total. The summed E-state index contributed by atoms with van der Waals surface area (Å²) in [5.74, 6) is -2.30. The maximum absolute atomic E-state index is 13.8. The molecule has 4 heteroatoms. The van der Waals surface area contributed by atoms with Crippen LogP contribution in [0.25, 0.3) is 0 Å². The fourth-order valence-electron chi connectivity index (χ4n) is 3.15. The number of nitrogens with zero attached hydrogens (tertiary/aromatic N) is 1. The molecule has 0 unspecified atom stereocenters. The second-order valence-corrected chi connectivity index (χ2v) is 5.84. The van der Waals surface area contributed by atoms with Crippen LogP contribution in [0.15, 0.2) is 18.2 Å². The van der Waals surface area contributed by atoms with Gasteiger partial charge < -0.3 is 4.90 Å². The summed E-state index contributed by atoms with van der Waals surface area (Å²) in [5, 5.41) is 0. The molecule has 1 aromatic carbocycles. The van der Waals surface area contributed by atoms with Crippen molar-refractivity contribution in [2.24, 2.45) is 0 Å². The maximum atomic E-state index is 13.8. The zero-order chi connectivity index (χ0) is 14.1. The average Bonchev–Trinajstić information content (AvgIpc) is 3.28. The molecular weight excluding hydrogens is 260 g/mol. The molecule has 20 heavy (non-hydrogen) atoms. The van der Waals surface area contributed by atoms with Crippen LogP contribution >= 0.6 is 0 Å². The minimum atomic E-state index is -1.01. The van der Waals surface area contributed by atoms with Gasteiger partial charge in [-0.1, -0.05) is 25.3 Å². The van der Waals surface area contributed by atoms with E-state index in [0.717, 1.165) is 44.6 Å². The van der Waals surface area contributed by atoms with Gasteiger partial charge in [-0.15, -0.1) is 0 Å². The number of rotatable bonds is 3. The summed E-state index contributed by atoms with van der Waals surface area (Å²) in [6, 6.07) is 4.27. The van der Waals surface area contributed by atoms with E-state index in [0.29, 0.717) is 0 Å². The first-order chi connectivity index (χ1) is 9.68. The van der Waals surface area contributed by atoms with Gasteiger partial charge in [-0.3, -0.25) is 4.79 Å². The fourth-order valence-corrected chi connectivity index (χ4v) is 3.15. The SMILES string of the molecule is O=C(c1cccc(F)c1F)N(C1CCCCC1)C1CC1. The molecule has 2 aliphatic rings. The quantitative estimate of drug-likeness (QED) is 0.821. The molecule has 0 aromatic heterocycles. The Labute approximate surface area is 117 Å². The Hall–Kier alpha value is -1.45. The lowest BCUT2D eigenvalue weighted by Crippen LogP contribution is -2.43. The molecule has 0 spiro atoms. The second-order valence-electron chi connectivity index (χ2n) is 5.84. The van der Waals surface area contributed by atoms with Crippen LogP contribution < -0.4 is 0 Å². The smallest absolute Gasteiger partial charge is 0.257 e. The summed E-state index contributed by atoms with van der Waals surface area (Å²) in [6.07, 6.45) is 7.38. The van der Waals surface area contributed by atoms with Crippen LogP contribution in [-0.2, 0) is 0 Å². The molecular formula is C16H19F2NO. The van der Waals surface area contributed by atoms with E-state index in [1.807, 2.05) is 4.90 Å². The second kappa shape index (κ2) is 5.51. The third-order valence-corrected chi connectivity index (χ3v) is 4.32. The van der Waals surface area contributed by atoms with Crippen molar-refractivity contribution in [3.8, 4) is 0 Å². The maximum Gasteiger partial charge on any atom is 0.257 e. The monoisotopic (exact) mass is 279 g/mol. The number of amides is 1. The lowest BCUT2D eigenvalue weighted by molar-refractivity contribution is 0.0608. The van der Waals surface area contributed by atoms with E-state index in [9.17, 15) is 13.6 Å². The van der Waals surface area contributed by atoms with Gasteiger partial charge in [0.15, 0.2) is 11.6 Å². The lowest BCUT2D eigenvalue weighted by atomic mass is 9.93. The number of carbonyl (C=O) groups is 1. The summed E-state index contributed by atoms with van der Waals surface area (Å²) >= 11 is 0. The van der Waals surface area contributed by atoms with Crippen molar-refractivity contribution in [1.82, 2.24) is 4.90 Å². The van der Waals surface area contributed by atoms with E-state index in [1.165, 1.54) is 18.6 Å². The Bertz CT molecular complexity index is 507. The van der Waals surface area contributed by atoms with Crippen LogP contribution in [0.2, 0.25) is 0 Å². The molecule has 2 nitrogen and oxygen atoms in total. The Balaban J connectivity index is 1.87. The number of hydrogen-bond acceptors (Lipinski definition) is 1. The van der Waals surface area contributed by atoms with E-state index >= 15 is 0 Å². The van der Waals surface area contributed by atoms with Crippen molar-refractivity contribution in [1.29, 1.82) is 0 Å². The highest BCUT2D eigenvalue weighted by molar-refractivity contribution is 5.95. The Kier molecular flexibility index (Phi) is 3.72. The van der Waals surface area contributed by atoms with Gasteiger partial charge in [-0.05, 0) is 37.8 Å². The first-order valence-electron chi connectivity index (χ1n) is 7.45. The zero-order valence-electron chi connectivity index (χ0n) is 11.4. The van der Waals surface area contributed by atoms with Gasteiger partial charge in [-0.2, -0.15) is 0 Å². The fraction of sp³-hybridized carbons (Fsp3) is 0.562. The van der Waals surface area contributed by atoms with E-state index in [2.05, 4.69) is 0 Å². The van der Waals surface area contributed by atoms with Crippen LogP contribution in [0.4, 0.5) is 8.78 Å². The number of hydrogen-bond donors (Lipinski definition) is 0. The Morgan fingerprint density at radius 1 is 1.00 bits per heavy atom. The van der Waals surface area contributed by atoms with Gasteiger partial charge in [0.1, 0.15) is 0 Å². The minimum Gasteiger partial charge on any atom is -0.333 e. The van der Waals surface area contributed by atoms with Crippen molar-refractivity contribution >= 4 is 5.91 Å². The molecule has 0 aliphatic heterocycles. The third-order valence-electron chi connectivity index (χ3n) is 4.32. The highest BCUT2D eigenvalue weighted by atomic mass is 19.2. The first kappa shape index (κ1) is 13.5. The third kappa shape index (κ3) is 2.56. The van der Waals surface area contributed by atoms with Crippen molar-refractivity contribution in [3.05, 3.63) is 35.4 Å². The van der Waals surface area contributed by atoms with Gasteiger partial charge in [-0.25, -0.2) is 8.78 Å². The predicted octanol–water partition coefficient (Wildman–Crippen LogP) is 3.90. The molecule has 108 valence electrons. The molecule has 1 amide bonds. The number of benzene rings is 1. The van der Waals surface area contributed by atoms with Crippen molar-refractivity contribution in [2.45, 2.75) is 57.0 Å². The molecule has 0 heterocycles. The highest BCUT2D eigenvalue weighted by Crippen LogP contribution is 2.35. The summed E-state index contributed by atoms with van der Waals surface area (Å²) in [7, 11) is 0. The van der Waals surface area contributed by atoms with Gasteiger partial charge in [0.05, 0.1) is 5.56 Å². The summed E-state index contributed by atoms with van der Waals surface area (Å²) in [4.78, 5) is 14.4. The van der Waals surface area contributed by atoms with Crippen LogP contribution in [-0.4, -0.2) is 22.9 Å². The first-order valence-corrected chi connectivity index (χ1v) is 7.45. The van der Waals surface area contributed by atoms with Gasteiger partial charge >= 0.3 is 0 Å². The standard InChI is InChI=1S/C16H19F2NO/c17-14-8-4-7-13(15(14)18)16(20)19(12-9-10-12)11-5-2-1-3-6-11/h4,7-8,11-12H,1-3,5-6,9-10H2. The molecule has 0 atom stereocenters. The van der Waals surface area contributed by atoms with E-state index in [-0.39, 0.29) is 23.6 Å². The molecule has 0 saturated heterocycles. The van der Waals surface area contributed by atoms with Crippen LogP contribution in [0.1, 0.15) is 55.3 Å². The van der Waals surface area contributed by atoms with Crippen molar-refractivity contribution in [3.63, 3.8) is 0 Å². The topological polar surface area (TPSA) is 20.3 Å². The van der Waals surface area contributed by atoms with Gasteiger partial charge in [0.25, 0.3) is 5.91 Å². The predicted molar refractivity (Wildman–Crippen MR) is 72.4 cm³/mol. The molecule has 3 rings (SSSR count). The molecule has 0 radical (unpaired) electrons. The van der Waals surface area contributed by atoms with Crippen LogP contribution in [0.5, 0.6) is 0 Å². The van der Waals surface area contributed by atoms with Crippen LogP contribution in [0.3, 0.4) is 0 Å². The van der Waals surface area contributed by atoms with E-state index < -0.39 is 11.6 Å². The van der Waals surface area contributed by atoms with E-state index in [1.54, 1.807) is 0 Å². The Morgan fingerprint density at radius 2 is 1.65 bits per heavy atom. The normalized spacial score (nSPS) is 19.9. The molecule has 0 bridgehead atoms. The number of carbonyl (C=O) groups excluding carboxylic acids is 1. The Morgan fingerprint density at radius 3 is 2.30 bits per heavy atom. The van der Waals surface area contributed by atoms with E-state index in [4.69, 9.17) is 0 Å². The van der Waals surface area contributed by atoms with Crippen molar-refractivity contribution in [2.75, 3.05) is 0 Å².